The Bertz CT molecular complexity index is 908. The number of aliphatic hydroxyl groups excluding tert-OH is 2. The minimum atomic E-state index is -0.994. The van der Waals surface area contributed by atoms with Gasteiger partial charge in [0.2, 0.25) is 0 Å². The third kappa shape index (κ3) is 5.50. The molecule has 1 saturated heterocycles. The van der Waals surface area contributed by atoms with Gasteiger partial charge in [0.25, 0.3) is 0 Å². The normalized spacial score (nSPS) is 22.4. The predicted molar refractivity (Wildman–Crippen MR) is 118 cm³/mol. The van der Waals surface area contributed by atoms with Crippen molar-refractivity contribution < 1.29 is 14.9 Å². The molecule has 0 aliphatic carbocycles. The molecule has 3 atom stereocenters. The number of rotatable bonds is 7. The first-order valence-corrected chi connectivity index (χ1v) is 10.7. The molecule has 0 aromatic heterocycles. The quantitative estimate of drug-likeness (QED) is 0.474. The van der Waals surface area contributed by atoms with Gasteiger partial charge in [0.15, 0.2) is 6.29 Å². The molecule has 1 aliphatic rings. The van der Waals surface area contributed by atoms with E-state index in [0.29, 0.717) is 11.3 Å². The minimum Gasteiger partial charge on any atom is -0.391 e. The van der Waals surface area contributed by atoms with Gasteiger partial charge in [-0.15, -0.1) is 0 Å². The highest BCUT2D eigenvalue weighted by molar-refractivity contribution is 8.01. The zero-order chi connectivity index (χ0) is 20.8. The van der Waals surface area contributed by atoms with Crippen LogP contribution in [0.1, 0.15) is 25.8 Å². The number of nitrogens with one attached hydrogen (secondary N) is 1. The van der Waals surface area contributed by atoms with E-state index in [4.69, 9.17) is 4.74 Å². The Balaban J connectivity index is 1.73. The van der Waals surface area contributed by atoms with Crippen molar-refractivity contribution in [3.63, 3.8) is 0 Å². The number of benzene rings is 2. The molecule has 0 spiro atoms. The Labute approximate surface area is 175 Å². The van der Waals surface area contributed by atoms with Gasteiger partial charge in [-0.2, -0.15) is 5.26 Å². The second-order valence-electron chi connectivity index (χ2n) is 7.02. The summed E-state index contributed by atoms with van der Waals surface area (Å²) < 4.78 is 8.13. The highest BCUT2D eigenvalue weighted by Gasteiger charge is 2.29. The summed E-state index contributed by atoms with van der Waals surface area (Å²) in [5.74, 6) is 0. The Morgan fingerprint density at radius 3 is 2.69 bits per heavy atom. The highest BCUT2D eigenvalue weighted by atomic mass is 32.2. The van der Waals surface area contributed by atoms with Crippen molar-refractivity contribution in [2.75, 3.05) is 24.6 Å². The summed E-state index contributed by atoms with van der Waals surface area (Å²) in [4.78, 5) is 2.78. The standard InChI is InChI=1S/C22H27N3O3S/c1-3-25(4-2)18-8-7-16-9-15(5-6-17(16)11-18)10-20(13-23)29-24-21-12-19(26)14-28-22(21)27/h5-11,19,21-22,24,26-27H,3-4,12,14H2,1-2H3/b20-10+. The molecule has 29 heavy (non-hydrogen) atoms. The summed E-state index contributed by atoms with van der Waals surface area (Å²) in [5.41, 5.74) is 2.14. The molecule has 1 aliphatic heterocycles. The summed E-state index contributed by atoms with van der Waals surface area (Å²) in [6.07, 6.45) is 0.568. The second kappa shape index (κ2) is 10.1. The van der Waals surface area contributed by atoms with E-state index in [0.717, 1.165) is 41.4 Å². The third-order valence-corrected chi connectivity index (χ3v) is 5.88. The van der Waals surface area contributed by atoms with Gasteiger partial charge in [-0.3, -0.25) is 4.72 Å². The number of hydrogen-bond acceptors (Lipinski definition) is 7. The Morgan fingerprint density at radius 1 is 1.24 bits per heavy atom. The highest BCUT2D eigenvalue weighted by Crippen LogP contribution is 2.26. The zero-order valence-electron chi connectivity index (χ0n) is 16.7. The van der Waals surface area contributed by atoms with Crippen LogP contribution in [-0.2, 0) is 4.74 Å². The number of nitriles is 1. The smallest absolute Gasteiger partial charge is 0.171 e. The number of ether oxygens (including phenoxy) is 1. The maximum atomic E-state index is 9.86. The first-order chi connectivity index (χ1) is 14.0. The molecular formula is C22H27N3O3S. The van der Waals surface area contributed by atoms with E-state index in [-0.39, 0.29) is 6.61 Å². The molecule has 0 saturated carbocycles. The van der Waals surface area contributed by atoms with Gasteiger partial charge in [-0.05, 0) is 72.8 Å². The molecule has 0 amide bonds. The van der Waals surface area contributed by atoms with Gasteiger partial charge in [-0.25, -0.2) is 0 Å². The zero-order valence-corrected chi connectivity index (χ0v) is 17.5. The molecule has 3 rings (SSSR count). The minimum absolute atomic E-state index is 0.123. The lowest BCUT2D eigenvalue weighted by Crippen LogP contribution is -2.46. The molecule has 2 aromatic carbocycles. The van der Waals surface area contributed by atoms with Crippen molar-refractivity contribution in [2.45, 2.75) is 38.7 Å². The Morgan fingerprint density at radius 2 is 1.97 bits per heavy atom. The van der Waals surface area contributed by atoms with Gasteiger partial charge >= 0.3 is 0 Å². The van der Waals surface area contributed by atoms with E-state index in [9.17, 15) is 15.5 Å². The fourth-order valence-electron chi connectivity index (χ4n) is 3.41. The van der Waals surface area contributed by atoms with Crippen LogP contribution in [0.4, 0.5) is 5.69 Å². The van der Waals surface area contributed by atoms with Crippen molar-refractivity contribution in [1.29, 1.82) is 5.26 Å². The van der Waals surface area contributed by atoms with Crippen LogP contribution < -0.4 is 9.62 Å². The molecule has 3 N–H and O–H groups in total. The second-order valence-corrected chi connectivity index (χ2v) is 7.90. The summed E-state index contributed by atoms with van der Waals surface area (Å²) in [6.45, 7) is 6.36. The van der Waals surface area contributed by atoms with Crippen molar-refractivity contribution >= 4 is 34.5 Å². The van der Waals surface area contributed by atoms with Gasteiger partial charge in [-0.1, -0.05) is 18.2 Å². The molecule has 1 heterocycles. The monoisotopic (exact) mass is 413 g/mol. The molecule has 1 fully saturated rings. The lowest BCUT2D eigenvalue weighted by atomic mass is 10.1. The molecule has 154 valence electrons. The van der Waals surface area contributed by atoms with E-state index in [1.165, 1.54) is 5.69 Å². The van der Waals surface area contributed by atoms with E-state index >= 15 is 0 Å². The van der Waals surface area contributed by atoms with Crippen LogP contribution in [0.25, 0.3) is 16.8 Å². The summed E-state index contributed by atoms with van der Waals surface area (Å²) in [5, 5.41) is 31.3. The number of allylic oxidation sites excluding steroid dienone is 1. The molecular weight excluding hydrogens is 386 g/mol. The maximum absolute atomic E-state index is 9.86. The van der Waals surface area contributed by atoms with Crippen molar-refractivity contribution in [2.24, 2.45) is 0 Å². The molecule has 7 heteroatoms. The van der Waals surface area contributed by atoms with Crippen LogP contribution in [-0.4, -0.2) is 48.3 Å². The van der Waals surface area contributed by atoms with E-state index in [2.05, 4.69) is 59.9 Å². The molecule has 6 nitrogen and oxygen atoms in total. The van der Waals surface area contributed by atoms with Crippen molar-refractivity contribution in [3.8, 4) is 6.07 Å². The van der Waals surface area contributed by atoms with Gasteiger partial charge < -0.3 is 19.8 Å². The van der Waals surface area contributed by atoms with Crippen LogP contribution in [0.3, 0.4) is 0 Å². The SMILES string of the molecule is CCN(CC)c1ccc2cc(/C=C(\C#N)SNC3CC(O)COC3O)ccc2c1. The van der Waals surface area contributed by atoms with Gasteiger partial charge in [0.1, 0.15) is 11.0 Å². The van der Waals surface area contributed by atoms with E-state index < -0.39 is 18.4 Å². The van der Waals surface area contributed by atoms with Crippen molar-refractivity contribution in [1.82, 2.24) is 4.72 Å². The average molecular weight is 414 g/mol. The summed E-state index contributed by atoms with van der Waals surface area (Å²) >= 11 is 1.14. The maximum Gasteiger partial charge on any atom is 0.171 e. The Hall–Kier alpha value is -2.08. The van der Waals surface area contributed by atoms with Crippen molar-refractivity contribution in [3.05, 3.63) is 46.9 Å². The fourth-order valence-corrected chi connectivity index (χ4v) is 4.14. The third-order valence-electron chi connectivity index (χ3n) is 5.03. The average Bonchev–Trinajstić information content (AvgIpc) is 2.74. The lowest BCUT2D eigenvalue weighted by Gasteiger charge is -2.30. The van der Waals surface area contributed by atoms with Gasteiger partial charge in [0.05, 0.1) is 18.8 Å². The van der Waals surface area contributed by atoms with Crippen LogP contribution in [0, 0.1) is 11.3 Å². The van der Waals surface area contributed by atoms with E-state index in [1.807, 2.05) is 12.1 Å². The summed E-state index contributed by atoms with van der Waals surface area (Å²) in [6, 6.07) is 14.3. The molecule has 3 unspecified atom stereocenters. The van der Waals surface area contributed by atoms with Crippen LogP contribution in [0.5, 0.6) is 0 Å². The molecule has 2 aromatic rings. The molecule has 0 radical (unpaired) electrons. The van der Waals surface area contributed by atoms with Crippen LogP contribution >= 0.6 is 11.9 Å². The van der Waals surface area contributed by atoms with Gasteiger partial charge in [0, 0.05) is 18.8 Å². The van der Waals surface area contributed by atoms with Crippen LogP contribution in [0.15, 0.2) is 41.3 Å². The largest absolute Gasteiger partial charge is 0.391 e. The van der Waals surface area contributed by atoms with E-state index in [1.54, 1.807) is 0 Å². The number of anilines is 1. The first-order valence-electron chi connectivity index (χ1n) is 9.84. The number of nitrogens with zero attached hydrogens (tertiary/aromatic N) is 2. The summed E-state index contributed by atoms with van der Waals surface area (Å²) in [7, 11) is 0. The Kier molecular flexibility index (Phi) is 7.53. The molecule has 0 bridgehead atoms. The lowest BCUT2D eigenvalue weighted by molar-refractivity contribution is -0.168. The topological polar surface area (TPSA) is 88.8 Å². The number of hydrogen-bond donors (Lipinski definition) is 3. The number of aliphatic hydroxyl groups is 2. The van der Waals surface area contributed by atoms with Crippen LogP contribution in [0.2, 0.25) is 0 Å². The predicted octanol–water partition coefficient (Wildman–Crippen LogP) is 3.26. The fraction of sp³-hybridized carbons (Fsp3) is 0.409. The number of fused-ring (bicyclic) bond motifs is 1. The first kappa shape index (κ1) is 21.6.